The lowest BCUT2D eigenvalue weighted by Crippen LogP contribution is -2.16. The molecule has 0 aromatic heterocycles. The van der Waals surface area contributed by atoms with Gasteiger partial charge in [0.1, 0.15) is 0 Å². The second-order valence-corrected chi connectivity index (χ2v) is 29.3. The lowest BCUT2D eigenvalue weighted by molar-refractivity contribution is 0.318. The summed E-state index contributed by atoms with van der Waals surface area (Å²) < 4.78 is 0. The van der Waals surface area contributed by atoms with Crippen LogP contribution in [0.5, 0.6) is 0 Å². The minimum Gasteiger partial charge on any atom is -0.516 e. The Bertz CT molecular complexity index is 1890. The average Bonchev–Trinajstić information content (AvgIpc) is 1.27. The molecular weight excluding hydrogens is 1610 g/mol. The molecule has 0 aliphatic heterocycles. The standard InChI is InChI=1S/2C10H21N.3C9H19N.C8H17NO.3C8H17N.C7H15NO.2C7H15N.C6H13N.3C2H6O/c1-3-5-6-7-8-10-11-9-4-2;1-3-5-7-8-10-11-9-6-4-2;2*1-3-5-6-7-8-9-10-4-2;1-3-5-6-7-9-10-8-4-2;1-2-6-9-7-4-3-5-8-10;1-3-4-5-6-7-8-9-2;2*1-3-5-6-7-8-9-4-2;1-2-8-6-4-3-5-7-9;1-3-4-5-6-7-8-2;1-2-3-4-5-6-7-8;1-2-3-4-5-6-7;3*1-2-3/h5-6,11H,3-4,7-10H2,1-2H3;3,5,11H,4,6-10H2,1-2H3;2*5-6,10H,3-4,7-9H2,1-2H3;3,5,10H,4,6-9H2,1-2H3;5,8-10H,2-4,6-7H2,1H3;4-5,9H,3,6-8H2,1-2H3;2*3,5,9H,4,6-8H2,1-2H3;5,7-9H,2-4,6H2,1H3;3-4,8H,5-7H2,1-2H3;3-4H,2,5-8H2,1H3;2-3H,4-7H2,1H3;3*3H,2H2,1H3. The van der Waals surface area contributed by atoms with Crippen LogP contribution in [0.25, 0.3) is 0 Å². The van der Waals surface area contributed by atoms with E-state index >= 15 is 0 Å². The zero-order chi connectivity index (χ0) is 101. The molecule has 0 saturated carbocycles. The van der Waals surface area contributed by atoms with E-state index in [4.69, 9.17) is 37.0 Å². The van der Waals surface area contributed by atoms with Gasteiger partial charge in [0.15, 0.2) is 0 Å². The van der Waals surface area contributed by atoms with Gasteiger partial charge in [-0.2, -0.15) is 0 Å². The first-order chi connectivity index (χ1) is 63.6. The third kappa shape index (κ3) is 309. The molecule has 0 unspecified atom stereocenters. The number of aliphatic hydroxyl groups is 5. The highest BCUT2D eigenvalue weighted by Crippen LogP contribution is 1.97. The topological polar surface area (TPSA) is 286 Å². The summed E-state index contributed by atoms with van der Waals surface area (Å²) in [6.07, 6.45) is 96.9. The number of rotatable bonds is 69. The first-order valence-electron chi connectivity index (χ1n) is 53.0. The number of unbranched alkanes of at least 4 members (excludes halogenated alkanes) is 14. The van der Waals surface area contributed by atoms with Crippen molar-refractivity contribution in [3.63, 3.8) is 0 Å². The fraction of sp³-hybridized carbons (Fsp3) is 0.768. The molecule has 0 rings (SSSR count). The number of hydrogen-bond donors (Lipinski definition) is 18. The fourth-order valence-corrected chi connectivity index (χ4v) is 9.16. The van der Waals surface area contributed by atoms with E-state index in [0.717, 1.165) is 195 Å². The minimum atomic E-state index is 0.250. The highest BCUT2D eigenvalue weighted by Gasteiger charge is 1.90. The van der Waals surface area contributed by atoms with Gasteiger partial charge >= 0.3 is 0 Å². The Labute approximate surface area is 817 Å². The summed E-state index contributed by atoms with van der Waals surface area (Å²) in [7, 11) is 3.97. The maximum Gasteiger partial charge on any atom is 0.0751 e. The molecule has 0 aromatic rings. The van der Waals surface area contributed by atoms with E-state index in [0.29, 0.717) is 0 Å². The second kappa shape index (κ2) is 217. The van der Waals surface area contributed by atoms with Crippen molar-refractivity contribution in [1.82, 2.24) is 58.5 Å². The van der Waals surface area contributed by atoms with Crippen LogP contribution < -0.4 is 70.0 Å². The molecule has 0 amide bonds. The van der Waals surface area contributed by atoms with Crippen LogP contribution in [0.2, 0.25) is 0 Å². The van der Waals surface area contributed by atoms with Crippen LogP contribution in [0.1, 0.15) is 390 Å². The summed E-state index contributed by atoms with van der Waals surface area (Å²) in [5, 5.41) is 75.2. The molecule has 0 fully saturated rings. The average molecular weight is 1850 g/mol. The Balaban J connectivity index is -0.0000000768. The van der Waals surface area contributed by atoms with E-state index < -0.39 is 0 Å². The first-order valence-corrected chi connectivity index (χ1v) is 53.0. The highest BCUT2D eigenvalue weighted by atomic mass is 16.3. The Morgan fingerprint density at radius 3 is 0.515 bits per heavy atom. The van der Waals surface area contributed by atoms with Gasteiger partial charge in [0, 0.05) is 19.8 Å². The van der Waals surface area contributed by atoms with Crippen LogP contribution in [0.15, 0.2) is 158 Å². The van der Waals surface area contributed by atoms with Gasteiger partial charge in [0.2, 0.25) is 0 Å². The largest absolute Gasteiger partial charge is 0.516 e. The minimum absolute atomic E-state index is 0.250. The fourth-order valence-electron chi connectivity index (χ4n) is 9.16. The zero-order valence-corrected chi connectivity index (χ0v) is 92.0. The third-order valence-corrected chi connectivity index (χ3v) is 16.1. The molecule has 130 heavy (non-hydrogen) atoms. The van der Waals surface area contributed by atoms with Crippen molar-refractivity contribution in [3.05, 3.63) is 158 Å². The molecule has 0 heterocycles. The number of allylic oxidation sites excluding steroid dienone is 24. The summed E-state index contributed by atoms with van der Waals surface area (Å²) >= 11 is 0. The summed E-state index contributed by atoms with van der Waals surface area (Å²) in [5.41, 5.74) is 10.5. The number of hydrogen-bond acceptors (Lipinski definition) is 18. The van der Waals surface area contributed by atoms with E-state index in [1.54, 1.807) is 32.9 Å². The number of nitrogens with one attached hydrogen (secondary N) is 11. The molecule has 20 N–H and O–H groups in total. The molecule has 18 nitrogen and oxygen atoms in total. The van der Waals surface area contributed by atoms with Gasteiger partial charge in [-0.1, -0.05) is 249 Å². The molecule has 0 saturated heterocycles. The smallest absolute Gasteiger partial charge is 0.0751 e. The molecular formula is C112H243N13O5. The van der Waals surface area contributed by atoms with Crippen molar-refractivity contribution in [3.8, 4) is 0 Å². The second-order valence-electron chi connectivity index (χ2n) is 29.3. The number of aliphatic hydroxyl groups excluding tert-OH is 5. The first kappa shape index (κ1) is 162. The van der Waals surface area contributed by atoms with Crippen LogP contribution in [-0.4, -0.2) is 203 Å². The molecule has 0 aromatic carbocycles. The summed E-state index contributed by atoms with van der Waals surface area (Å²) in [5.74, 6) is 0. The summed E-state index contributed by atoms with van der Waals surface area (Å²) in [6.45, 7) is 72.5. The Morgan fingerprint density at radius 2 is 0.354 bits per heavy atom. The Morgan fingerprint density at radius 1 is 0.192 bits per heavy atom. The van der Waals surface area contributed by atoms with Crippen LogP contribution in [-0.2, 0) is 0 Å². The predicted molar refractivity (Wildman–Crippen MR) is 604 cm³/mol. The van der Waals surface area contributed by atoms with Gasteiger partial charge in [-0.05, 0) is 445 Å². The van der Waals surface area contributed by atoms with Gasteiger partial charge in [-0.25, -0.2) is 0 Å². The van der Waals surface area contributed by atoms with E-state index in [1.165, 1.54) is 193 Å². The van der Waals surface area contributed by atoms with Crippen molar-refractivity contribution in [2.75, 3.05) is 178 Å². The van der Waals surface area contributed by atoms with E-state index in [1.807, 2.05) is 21.0 Å². The molecule has 18 heteroatoms. The van der Waals surface area contributed by atoms with Crippen LogP contribution in [0, 0.1) is 0 Å². The van der Waals surface area contributed by atoms with Gasteiger partial charge < -0.3 is 95.5 Å². The molecule has 0 bridgehead atoms. The van der Waals surface area contributed by atoms with E-state index in [-0.39, 0.29) is 19.8 Å². The molecule has 0 aliphatic rings. The Kier molecular flexibility index (Phi) is 271. The summed E-state index contributed by atoms with van der Waals surface area (Å²) in [6, 6.07) is 0. The maximum absolute atomic E-state index is 8.27. The van der Waals surface area contributed by atoms with Crippen molar-refractivity contribution in [1.29, 1.82) is 0 Å². The predicted octanol–water partition coefficient (Wildman–Crippen LogP) is 26.2. The van der Waals surface area contributed by atoms with E-state index in [9.17, 15) is 0 Å². The maximum atomic E-state index is 8.27. The van der Waals surface area contributed by atoms with Crippen LogP contribution >= 0.6 is 0 Å². The highest BCUT2D eigenvalue weighted by molar-refractivity contribution is 4.85. The van der Waals surface area contributed by atoms with Crippen molar-refractivity contribution in [2.45, 2.75) is 390 Å². The monoisotopic (exact) mass is 1850 g/mol. The lowest BCUT2D eigenvalue weighted by atomic mass is 10.2. The molecule has 0 spiro atoms. The van der Waals surface area contributed by atoms with Crippen LogP contribution in [0.3, 0.4) is 0 Å². The quantitative estimate of drug-likeness (QED) is 0.0153. The van der Waals surface area contributed by atoms with Gasteiger partial charge in [-0.15, -0.1) is 0 Å². The normalized spacial score (nSPS) is 10.6. The molecule has 0 radical (unpaired) electrons. The molecule has 786 valence electrons. The Hall–Kier alpha value is -4.42. The SMILES string of the molecule is CC=CCCCN.CC=CCCCNC.CC=CCCCNCC.CC=CCCCNCC.CC=CCCCNCCC.CC=CCCCNCCCC.CCC=CCCCN.CCC=CCCCNC.CCC=CCCCNCC.CCC=CCCCNCC.CCC=CCCCNCCC.CCCNCCCC=CO.CCNCCCC=CO.CCO.CCO.CCO. The van der Waals surface area contributed by atoms with Gasteiger partial charge in [0.05, 0.1) is 12.5 Å². The summed E-state index contributed by atoms with van der Waals surface area (Å²) in [4.78, 5) is 0. The van der Waals surface area contributed by atoms with Crippen LogP contribution in [0.4, 0.5) is 0 Å². The third-order valence-electron chi connectivity index (χ3n) is 16.1. The van der Waals surface area contributed by atoms with E-state index in [2.05, 4.69) is 324 Å². The molecule has 0 atom stereocenters. The van der Waals surface area contributed by atoms with Gasteiger partial charge in [0.25, 0.3) is 0 Å². The van der Waals surface area contributed by atoms with Crippen molar-refractivity contribution < 1.29 is 25.5 Å². The number of nitrogens with two attached hydrogens (primary N) is 2. The van der Waals surface area contributed by atoms with Crippen molar-refractivity contribution >= 4 is 0 Å². The van der Waals surface area contributed by atoms with Crippen molar-refractivity contribution in [2.24, 2.45) is 11.5 Å². The molecule has 0 aliphatic carbocycles. The lowest BCUT2D eigenvalue weighted by Gasteiger charge is -2.00. The zero-order valence-electron chi connectivity index (χ0n) is 92.0. The van der Waals surface area contributed by atoms with Gasteiger partial charge in [-0.3, -0.25) is 0 Å².